The highest BCUT2D eigenvalue weighted by Gasteiger charge is 2.39. The molecule has 0 aromatic carbocycles. The van der Waals surface area contributed by atoms with Gasteiger partial charge >= 0.3 is 0 Å². The number of likely N-dealkylation sites (tertiary alicyclic amines) is 1. The monoisotopic (exact) mass is 393 g/mol. The summed E-state index contributed by atoms with van der Waals surface area (Å²) in [4.78, 5) is 14.9. The van der Waals surface area contributed by atoms with Gasteiger partial charge in [-0.2, -0.15) is 0 Å². The molecular formula is C17H29Cl2N3O3. The molecule has 0 radical (unpaired) electrons. The van der Waals surface area contributed by atoms with Crippen LogP contribution in [0.1, 0.15) is 48.2 Å². The van der Waals surface area contributed by atoms with Crippen LogP contribution in [0.4, 0.5) is 0 Å². The third-order valence-corrected chi connectivity index (χ3v) is 5.15. The molecule has 144 valence electrons. The lowest BCUT2D eigenvalue weighted by Gasteiger charge is -2.48. The van der Waals surface area contributed by atoms with Crippen LogP contribution in [-0.4, -0.2) is 49.2 Å². The highest BCUT2D eigenvalue weighted by Crippen LogP contribution is 2.30. The number of furan rings is 1. The maximum Gasteiger partial charge on any atom is 0.254 e. The number of amides is 1. The molecule has 2 aliphatic rings. The van der Waals surface area contributed by atoms with Crippen LogP contribution in [0.5, 0.6) is 0 Å². The van der Waals surface area contributed by atoms with Gasteiger partial charge in [0.1, 0.15) is 12.0 Å². The standard InChI is InChI=1S/C17H27N3O3.2ClH/c18-11-15-10-14(12-23-15)16(21)19-13-17(4-8-22-9-5-17)20-6-2-1-3-7-20;;/h10,12H,1-9,11,13,18H2,(H,19,21);2*1H. The second kappa shape index (κ2) is 10.4. The molecule has 0 spiro atoms. The number of ether oxygens (including phenoxy) is 1. The SMILES string of the molecule is Cl.Cl.NCc1cc(C(=O)NCC2(N3CCCCC3)CCOCC2)co1. The van der Waals surface area contributed by atoms with Crippen LogP contribution in [0.15, 0.2) is 16.7 Å². The van der Waals surface area contributed by atoms with Crippen molar-refractivity contribution in [3.05, 3.63) is 23.7 Å². The lowest BCUT2D eigenvalue weighted by Crippen LogP contribution is -2.59. The molecule has 0 aliphatic carbocycles. The number of rotatable bonds is 5. The van der Waals surface area contributed by atoms with Gasteiger partial charge in [-0.3, -0.25) is 9.69 Å². The molecule has 1 aromatic rings. The third-order valence-electron chi connectivity index (χ3n) is 5.15. The second-order valence-corrected chi connectivity index (χ2v) is 6.57. The Morgan fingerprint density at radius 3 is 2.48 bits per heavy atom. The molecule has 8 heteroatoms. The smallest absolute Gasteiger partial charge is 0.254 e. The molecule has 2 saturated heterocycles. The Kier molecular flexibility index (Phi) is 9.24. The Labute approximate surface area is 161 Å². The molecule has 6 nitrogen and oxygen atoms in total. The molecule has 2 aliphatic heterocycles. The number of piperidine rings is 1. The van der Waals surface area contributed by atoms with Crippen LogP contribution >= 0.6 is 24.8 Å². The van der Waals surface area contributed by atoms with Crippen molar-refractivity contribution in [2.24, 2.45) is 5.73 Å². The summed E-state index contributed by atoms with van der Waals surface area (Å²) in [5.41, 5.74) is 6.11. The molecule has 2 fully saturated rings. The van der Waals surface area contributed by atoms with Gasteiger partial charge in [-0.25, -0.2) is 0 Å². The van der Waals surface area contributed by atoms with Gasteiger partial charge in [-0.1, -0.05) is 6.42 Å². The minimum atomic E-state index is -0.0867. The van der Waals surface area contributed by atoms with E-state index in [2.05, 4.69) is 10.2 Å². The quantitative estimate of drug-likeness (QED) is 0.802. The first-order valence-corrected chi connectivity index (χ1v) is 8.62. The first-order valence-electron chi connectivity index (χ1n) is 8.62. The Hall–Kier alpha value is -0.790. The van der Waals surface area contributed by atoms with Crippen molar-refractivity contribution in [1.82, 2.24) is 10.2 Å². The molecule has 1 amide bonds. The van der Waals surface area contributed by atoms with E-state index in [4.69, 9.17) is 14.9 Å². The number of nitrogens with zero attached hydrogens (tertiary/aromatic N) is 1. The second-order valence-electron chi connectivity index (χ2n) is 6.57. The molecule has 0 unspecified atom stereocenters. The van der Waals surface area contributed by atoms with Gasteiger partial charge in [0, 0.05) is 25.3 Å². The molecule has 0 saturated carbocycles. The highest BCUT2D eigenvalue weighted by molar-refractivity contribution is 5.94. The summed E-state index contributed by atoms with van der Waals surface area (Å²) in [6.07, 6.45) is 7.25. The van der Waals surface area contributed by atoms with Gasteiger partial charge in [-0.05, 0) is 44.8 Å². The maximum absolute atomic E-state index is 12.4. The predicted molar refractivity (Wildman–Crippen MR) is 102 cm³/mol. The van der Waals surface area contributed by atoms with Crippen molar-refractivity contribution < 1.29 is 13.9 Å². The van der Waals surface area contributed by atoms with Crippen molar-refractivity contribution in [3.63, 3.8) is 0 Å². The van der Waals surface area contributed by atoms with Gasteiger partial charge in [0.25, 0.3) is 5.91 Å². The molecule has 3 heterocycles. The minimum absolute atomic E-state index is 0. The number of halogens is 2. The first kappa shape index (κ1) is 22.3. The number of nitrogens with two attached hydrogens (primary N) is 1. The molecule has 25 heavy (non-hydrogen) atoms. The van der Waals surface area contributed by atoms with E-state index in [1.54, 1.807) is 6.07 Å². The number of carbonyl (C=O) groups is 1. The lowest BCUT2D eigenvalue weighted by molar-refractivity contribution is -0.0349. The number of nitrogens with one attached hydrogen (secondary N) is 1. The van der Waals surface area contributed by atoms with Crippen molar-refractivity contribution in [2.75, 3.05) is 32.8 Å². The normalized spacial score (nSPS) is 20.2. The van der Waals surface area contributed by atoms with Crippen LogP contribution in [-0.2, 0) is 11.3 Å². The fraction of sp³-hybridized carbons (Fsp3) is 0.706. The number of carbonyl (C=O) groups excluding carboxylic acids is 1. The fourth-order valence-electron chi connectivity index (χ4n) is 3.68. The van der Waals surface area contributed by atoms with Crippen LogP contribution < -0.4 is 11.1 Å². The molecule has 0 bridgehead atoms. The summed E-state index contributed by atoms with van der Waals surface area (Å²) in [5, 5.41) is 3.11. The topological polar surface area (TPSA) is 80.7 Å². The van der Waals surface area contributed by atoms with Crippen LogP contribution in [0.25, 0.3) is 0 Å². The Bertz CT molecular complexity index is 527. The lowest BCUT2D eigenvalue weighted by atomic mass is 9.86. The largest absolute Gasteiger partial charge is 0.467 e. The van der Waals surface area contributed by atoms with E-state index in [0.717, 1.165) is 39.1 Å². The molecule has 3 N–H and O–H groups in total. The summed E-state index contributed by atoms with van der Waals surface area (Å²) < 4.78 is 10.8. The predicted octanol–water partition coefficient (Wildman–Crippen LogP) is 2.35. The van der Waals surface area contributed by atoms with E-state index in [0.29, 0.717) is 24.4 Å². The zero-order valence-corrected chi connectivity index (χ0v) is 16.1. The summed E-state index contributed by atoms with van der Waals surface area (Å²) in [7, 11) is 0. The summed E-state index contributed by atoms with van der Waals surface area (Å²) in [5.74, 6) is 0.545. The van der Waals surface area contributed by atoms with E-state index in [1.165, 1.54) is 25.5 Å². The molecule has 0 atom stereocenters. The first-order chi connectivity index (χ1) is 11.2. The fourth-order valence-corrected chi connectivity index (χ4v) is 3.68. The average molecular weight is 394 g/mol. The number of hydrogen-bond acceptors (Lipinski definition) is 5. The zero-order chi connectivity index (χ0) is 16.1. The molecule has 1 aromatic heterocycles. The maximum atomic E-state index is 12.4. The average Bonchev–Trinajstić information content (AvgIpc) is 3.10. The highest BCUT2D eigenvalue weighted by atomic mass is 35.5. The van der Waals surface area contributed by atoms with Crippen molar-refractivity contribution in [2.45, 2.75) is 44.2 Å². The van der Waals surface area contributed by atoms with E-state index in [9.17, 15) is 4.79 Å². The van der Waals surface area contributed by atoms with Gasteiger partial charge < -0.3 is 20.2 Å². The van der Waals surface area contributed by atoms with E-state index in [1.807, 2.05) is 0 Å². The number of hydrogen-bond donors (Lipinski definition) is 2. The van der Waals surface area contributed by atoms with E-state index >= 15 is 0 Å². The van der Waals surface area contributed by atoms with Crippen LogP contribution in [0.2, 0.25) is 0 Å². The van der Waals surface area contributed by atoms with Gasteiger partial charge in [0.05, 0.1) is 12.1 Å². The Morgan fingerprint density at radius 1 is 1.20 bits per heavy atom. The van der Waals surface area contributed by atoms with E-state index < -0.39 is 0 Å². The molecular weight excluding hydrogens is 365 g/mol. The van der Waals surface area contributed by atoms with Gasteiger partial charge in [-0.15, -0.1) is 24.8 Å². The van der Waals surface area contributed by atoms with Crippen LogP contribution in [0, 0.1) is 0 Å². The van der Waals surface area contributed by atoms with Crippen LogP contribution in [0.3, 0.4) is 0 Å². The van der Waals surface area contributed by atoms with Gasteiger partial charge in [0.2, 0.25) is 0 Å². The zero-order valence-electron chi connectivity index (χ0n) is 14.5. The van der Waals surface area contributed by atoms with E-state index in [-0.39, 0.29) is 36.3 Å². The summed E-state index contributed by atoms with van der Waals surface area (Å²) in [6.45, 7) is 4.77. The minimum Gasteiger partial charge on any atom is -0.467 e. The summed E-state index contributed by atoms with van der Waals surface area (Å²) >= 11 is 0. The Morgan fingerprint density at radius 2 is 1.88 bits per heavy atom. The van der Waals surface area contributed by atoms with Crippen molar-refractivity contribution in [1.29, 1.82) is 0 Å². The van der Waals surface area contributed by atoms with Crippen molar-refractivity contribution >= 4 is 30.7 Å². The summed E-state index contributed by atoms with van der Waals surface area (Å²) in [6, 6.07) is 1.72. The Balaban J connectivity index is 0.00000156. The third kappa shape index (κ3) is 5.34. The van der Waals surface area contributed by atoms with Crippen molar-refractivity contribution in [3.8, 4) is 0 Å². The van der Waals surface area contributed by atoms with Gasteiger partial charge in [0.15, 0.2) is 0 Å². The molecule has 3 rings (SSSR count).